The normalized spacial score (nSPS) is 25.8. The van der Waals surface area contributed by atoms with Crippen LogP contribution in [-0.2, 0) is 0 Å². The summed E-state index contributed by atoms with van der Waals surface area (Å²) in [6.45, 7) is 2.21. The molecule has 1 heterocycles. The van der Waals surface area contributed by atoms with Gasteiger partial charge in [0, 0.05) is 16.7 Å². The van der Waals surface area contributed by atoms with Crippen molar-refractivity contribution in [2.45, 2.75) is 19.4 Å². The Balaban J connectivity index is 2.11. The Morgan fingerprint density at radius 1 is 1.69 bits per heavy atom. The van der Waals surface area contributed by atoms with E-state index in [1.54, 1.807) is 6.20 Å². The van der Waals surface area contributed by atoms with Gasteiger partial charge in [0.2, 0.25) is 0 Å². The lowest BCUT2D eigenvalue weighted by Gasteiger charge is -2.05. The molecule has 0 aliphatic heterocycles. The van der Waals surface area contributed by atoms with Crippen molar-refractivity contribution in [3.63, 3.8) is 0 Å². The minimum Gasteiger partial charge on any atom is -0.366 e. The lowest BCUT2D eigenvalue weighted by atomic mass is 10.4. The van der Waals surface area contributed by atoms with Gasteiger partial charge >= 0.3 is 0 Å². The van der Waals surface area contributed by atoms with Gasteiger partial charge in [0.05, 0.1) is 5.02 Å². The molecule has 0 spiro atoms. The van der Waals surface area contributed by atoms with E-state index in [4.69, 9.17) is 11.6 Å². The summed E-state index contributed by atoms with van der Waals surface area (Å²) >= 11 is 9.31. The molecule has 2 nitrogen and oxygen atoms in total. The molecule has 1 fully saturated rings. The van der Waals surface area contributed by atoms with Crippen LogP contribution in [0, 0.1) is 5.92 Å². The summed E-state index contributed by atoms with van der Waals surface area (Å²) in [6, 6.07) is 2.41. The van der Waals surface area contributed by atoms with Crippen molar-refractivity contribution in [2.75, 3.05) is 5.32 Å². The molecule has 0 radical (unpaired) electrons. The van der Waals surface area contributed by atoms with Crippen LogP contribution in [0.5, 0.6) is 0 Å². The largest absolute Gasteiger partial charge is 0.366 e. The summed E-state index contributed by atoms with van der Waals surface area (Å²) in [6.07, 6.45) is 2.97. The molecule has 0 aromatic carbocycles. The van der Waals surface area contributed by atoms with Crippen LogP contribution in [0.3, 0.4) is 0 Å². The molecule has 1 N–H and O–H groups in total. The first kappa shape index (κ1) is 9.28. The van der Waals surface area contributed by atoms with Gasteiger partial charge in [0.25, 0.3) is 0 Å². The molecule has 1 aromatic rings. The summed E-state index contributed by atoms with van der Waals surface area (Å²) in [7, 11) is 0. The maximum atomic E-state index is 5.99. The van der Waals surface area contributed by atoms with Crippen molar-refractivity contribution in [1.29, 1.82) is 0 Å². The zero-order chi connectivity index (χ0) is 9.42. The van der Waals surface area contributed by atoms with Crippen LogP contribution in [-0.4, -0.2) is 11.0 Å². The smallest absolute Gasteiger partial charge is 0.145 e. The monoisotopic (exact) mass is 260 g/mol. The number of nitrogens with one attached hydrogen (secondary N) is 1. The minimum absolute atomic E-state index is 0.561. The van der Waals surface area contributed by atoms with E-state index in [-0.39, 0.29) is 0 Å². The summed E-state index contributed by atoms with van der Waals surface area (Å²) in [5.74, 6) is 1.54. The highest BCUT2D eigenvalue weighted by atomic mass is 79.9. The van der Waals surface area contributed by atoms with E-state index in [9.17, 15) is 0 Å². The van der Waals surface area contributed by atoms with Crippen LogP contribution in [0.15, 0.2) is 16.7 Å². The second kappa shape index (κ2) is 3.46. The van der Waals surface area contributed by atoms with E-state index in [2.05, 4.69) is 33.2 Å². The Labute approximate surface area is 90.8 Å². The van der Waals surface area contributed by atoms with Gasteiger partial charge in [-0.25, -0.2) is 4.98 Å². The Kier molecular flexibility index (Phi) is 2.47. The Hall–Kier alpha value is -0.280. The molecule has 0 amide bonds. The number of hydrogen-bond donors (Lipinski definition) is 1. The topological polar surface area (TPSA) is 24.9 Å². The molecule has 1 saturated carbocycles. The molecule has 13 heavy (non-hydrogen) atoms. The number of halogens is 2. The Morgan fingerprint density at radius 2 is 2.38 bits per heavy atom. The molecular weight excluding hydrogens is 251 g/mol. The standard InChI is InChI=1S/C9H10BrClN2/c1-5-2-8(5)13-9-7(11)3-6(10)4-12-9/h3-5,8H,2H2,1H3,(H,12,13)/t5-,8-/m1/s1. The van der Waals surface area contributed by atoms with Gasteiger partial charge in [-0.15, -0.1) is 0 Å². The highest BCUT2D eigenvalue weighted by molar-refractivity contribution is 9.10. The van der Waals surface area contributed by atoms with Gasteiger partial charge in [-0.05, 0) is 34.3 Å². The fraction of sp³-hybridized carbons (Fsp3) is 0.444. The van der Waals surface area contributed by atoms with E-state index < -0.39 is 0 Å². The van der Waals surface area contributed by atoms with Gasteiger partial charge in [-0.3, -0.25) is 0 Å². The lowest BCUT2D eigenvalue weighted by Crippen LogP contribution is -2.05. The van der Waals surface area contributed by atoms with Crippen LogP contribution in [0.2, 0.25) is 5.02 Å². The first-order valence-corrected chi connectivity index (χ1v) is 5.41. The van der Waals surface area contributed by atoms with Crippen LogP contribution < -0.4 is 5.32 Å². The third kappa shape index (κ3) is 2.15. The number of anilines is 1. The maximum absolute atomic E-state index is 5.99. The lowest BCUT2D eigenvalue weighted by molar-refractivity contribution is 0.923. The molecule has 0 unspecified atom stereocenters. The fourth-order valence-electron chi connectivity index (χ4n) is 1.22. The van der Waals surface area contributed by atoms with Crippen LogP contribution >= 0.6 is 27.5 Å². The predicted molar refractivity (Wildman–Crippen MR) is 58.1 cm³/mol. The quantitative estimate of drug-likeness (QED) is 0.883. The number of rotatable bonds is 2. The highest BCUT2D eigenvalue weighted by Gasteiger charge is 2.32. The number of hydrogen-bond acceptors (Lipinski definition) is 2. The Morgan fingerprint density at radius 3 is 2.92 bits per heavy atom. The number of nitrogens with zero attached hydrogens (tertiary/aromatic N) is 1. The molecule has 1 aliphatic rings. The average Bonchev–Trinajstić information content (AvgIpc) is 2.73. The summed E-state index contributed by atoms with van der Waals surface area (Å²) in [5, 5.41) is 3.97. The van der Waals surface area contributed by atoms with E-state index in [0.29, 0.717) is 11.1 Å². The van der Waals surface area contributed by atoms with Crippen molar-refractivity contribution >= 4 is 33.3 Å². The van der Waals surface area contributed by atoms with E-state index in [0.717, 1.165) is 16.2 Å². The van der Waals surface area contributed by atoms with Crippen molar-refractivity contribution in [2.24, 2.45) is 5.92 Å². The van der Waals surface area contributed by atoms with Gasteiger partial charge in [0.1, 0.15) is 5.82 Å². The van der Waals surface area contributed by atoms with Crippen LogP contribution in [0.25, 0.3) is 0 Å². The molecular formula is C9H10BrClN2. The molecule has 70 valence electrons. The zero-order valence-corrected chi connectivity index (χ0v) is 9.56. The SMILES string of the molecule is C[C@@H]1C[C@H]1Nc1ncc(Br)cc1Cl. The van der Waals surface area contributed by atoms with Crippen molar-refractivity contribution in [1.82, 2.24) is 4.98 Å². The second-order valence-corrected chi connectivity index (χ2v) is 4.77. The van der Waals surface area contributed by atoms with Crippen molar-refractivity contribution < 1.29 is 0 Å². The maximum Gasteiger partial charge on any atom is 0.145 e. The summed E-state index contributed by atoms with van der Waals surface area (Å²) in [5.41, 5.74) is 0. The molecule has 1 aliphatic carbocycles. The first-order chi connectivity index (χ1) is 6.16. The van der Waals surface area contributed by atoms with Gasteiger partial charge < -0.3 is 5.32 Å². The fourth-order valence-corrected chi connectivity index (χ4v) is 1.90. The van der Waals surface area contributed by atoms with Gasteiger partial charge in [-0.2, -0.15) is 0 Å². The molecule has 2 rings (SSSR count). The van der Waals surface area contributed by atoms with Gasteiger partial charge in [-0.1, -0.05) is 18.5 Å². The average molecular weight is 262 g/mol. The molecule has 0 saturated heterocycles. The minimum atomic E-state index is 0.561. The first-order valence-electron chi connectivity index (χ1n) is 4.24. The van der Waals surface area contributed by atoms with Gasteiger partial charge in [0.15, 0.2) is 0 Å². The molecule has 1 aromatic heterocycles. The number of pyridine rings is 1. The second-order valence-electron chi connectivity index (χ2n) is 3.45. The van der Waals surface area contributed by atoms with Crippen molar-refractivity contribution in [3.05, 3.63) is 21.8 Å². The van der Waals surface area contributed by atoms with Crippen molar-refractivity contribution in [3.8, 4) is 0 Å². The van der Waals surface area contributed by atoms with Crippen LogP contribution in [0.4, 0.5) is 5.82 Å². The molecule has 4 heteroatoms. The summed E-state index contributed by atoms with van der Waals surface area (Å²) < 4.78 is 0.909. The number of aromatic nitrogens is 1. The van der Waals surface area contributed by atoms with E-state index in [1.165, 1.54) is 6.42 Å². The Bertz CT molecular complexity index is 329. The molecule has 0 bridgehead atoms. The third-order valence-corrected chi connectivity index (χ3v) is 2.96. The highest BCUT2D eigenvalue weighted by Crippen LogP contribution is 2.34. The third-order valence-electron chi connectivity index (χ3n) is 2.24. The van der Waals surface area contributed by atoms with E-state index >= 15 is 0 Å². The van der Waals surface area contributed by atoms with E-state index in [1.807, 2.05) is 6.07 Å². The molecule has 2 atom stereocenters. The predicted octanol–water partition coefficient (Wildman–Crippen LogP) is 3.32. The zero-order valence-electron chi connectivity index (χ0n) is 7.22. The van der Waals surface area contributed by atoms with Crippen LogP contribution in [0.1, 0.15) is 13.3 Å². The summed E-state index contributed by atoms with van der Waals surface area (Å²) in [4.78, 5) is 4.20.